The number of hydrogen-bond donors (Lipinski definition) is 1. The van der Waals surface area contributed by atoms with Crippen molar-refractivity contribution in [1.29, 1.82) is 0 Å². The lowest BCUT2D eigenvalue weighted by Crippen LogP contribution is -2.35. The maximum Gasteiger partial charge on any atom is 0.254 e. The minimum absolute atomic E-state index is 0.0338. The van der Waals surface area contributed by atoms with E-state index in [2.05, 4.69) is 0 Å². The molecule has 4 nitrogen and oxygen atoms in total. The first kappa shape index (κ1) is 17.0. The van der Waals surface area contributed by atoms with Crippen molar-refractivity contribution in [2.45, 2.75) is 6.42 Å². The summed E-state index contributed by atoms with van der Waals surface area (Å²) in [6.07, 6.45) is 0.778. The molecule has 23 heavy (non-hydrogen) atoms. The number of nitrogens with zero attached hydrogens (tertiary/aromatic N) is 2. The number of carbonyl (C=O) groups is 1. The molecule has 2 rings (SSSR count). The number of aliphatic hydroxyl groups is 1. The second-order valence-electron chi connectivity index (χ2n) is 5.70. The van der Waals surface area contributed by atoms with Crippen LogP contribution in [-0.2, 0) is 6.42 Å². The SMILES string of the molecule is CN(C)c1cccc(C(=O)N(CCO)CCc2ccccc2)c1. The zero-order valence-electron chi connectivity index (χ0n) is 13.8. The molecule has 0 spiro atoms. The van der Waals surface area contributed by atoms with Crippen molar-refractivity contribution in [2.75, 3.05) is 38.7 Å². The van der Waals surface area contributed by atoms with Gasteiger partial charge < -0.3 is 14.9 Å². The molecule has 122 valence electrons. The summed E-state index contributed by atoms with van der Waals surface area (Å²) < 4.78 is 0. The van der Waals surface area contributed by atoms with Crippen LogP contribution in [0, 0.1) is 0 Å². The topological polar surface area (TPSA) is 43.8 Å². The summed E-state index contributed by atoms with van der Waals surface area (Å²) >= 11 is 0. The molecule has 0 saturated heterocycles. The number of anilines is 1. The maximum atomic E-state index is 12.7. The Morgan fingerprint density at radius 1 is 1.00 bits per heavy atom. The van der Waals surface area contributed by atoms with Crippen molar-refractivity contribution < 1.29 is 9.90 Å². The van der Waals surface area contributed by atoms with Crippen molar-refractivity contribution >= 4 is 11.6 Å². The van der Waals surface area contributed by atoms with Crippen molar-refractivity contribution in [3.05, 3.63) is 65.7 Å². The first-order valence-electron chi connectivity index (χ1n) is 7.83. The zero-order chi connectivity index (χ0) is 16.7. The molecule has 0 bridgehead atoms. The van der Waals surface area contributed by atoms with Gasteiger partial charge in [0.15, 0.2) is 0 Å². The van der Waals surface area contributed by atoms with Gasteiger partial charge in [-0.1, -0.05) is 36.4 Å². The van der Waals surface area contributed by atoms with E-state index < -0.39 is 0 Å². The molecule has 0 atom stereocenters. The molecule has 0 heterocycles. The van der Waals surface area contributed by atoms with E-state index in [1.165, 1.54) is 5.56 Å². The third kappa shape index (κ3) is 4.83. The van der Waals surface area contributed by atoms with Gasteiger partial charge in [-0.25, -0.2) is 0 Å². The third-order valence-electron chi connectivity index (χ3n) is 3.78. The molecule has 0 aliphatic rings. The second-order valence-corrected chi connectivity index (χ2v) is 5.70. The lowest BCUT2D eigenvalue weighted by Gasteiger charge is -2.23. The minimum Gasteiger partial charge on any atom is -0.395 e. The van der Waals surface area contributed by atoms with E-state index in [0.717, 1.165) is 12.1 Å². The Kier molecular flexibility index (Phi) is 6.18. The van der Waals surface area contributed by atoms with E-state index >= 15 is 0 Å². The van der Waals surface area contributed by atoms with E-state index in [0.29, 0.717) is 18.7 Å². The van der Waals surface area contributed by atoms with Crippen LogP contribution < -0.4 is 4.90 Å². The second kappa shape index (κ2) is 8.34. The van der Waals surface area contributed by atoms with Gasteiger partial charge in [-0.15, -0.1) is 0 Å². The Labute approximate surface area is 138 Å². The fourth-order valence-corrected chi connectivity index (χ4v) is 2.44. The van der Waals surface area contributed by atoms with Crippen molar-refractivity contribution in [3.8, 4) is 0 Å². The number of rotatable bonds is 7. The largest absolute Gasteiger partial charge is 0.395 e. The summed E-state index contributed by atoms with van der Waals surface area (Å²) in [4.78, 5) is 16.4. The monoisotopic (exact) mass is 312 g/mol. The summed E-state index contributed by atoms with van der Waals surface area (Å²) in [5.41, 5.74) is 2.82. The fraction of sp³-hybridized carbons (Fsp3) is 0.316. The third-order valence-corrected chi connectivity index (χ3v) is 3.78. The van der Waals surface area contributed by atoms with Crippen LogP contribution in [0.25, 0.3) is 0 Å². The van der Waals surface area contributed by atoms with Crippen LogP contribution in [0.15, 0.2) is 54.6 Å². The molecule has 0 saturated carbocycles. The van der Waals surface area contributed by atoms with Crippen LogP contribution in [0.5, 0.6) is 0 Å². The van der Waals surface area contributed by atoms with Gasteiger partial charge in [-0.05, 0) is 30.2 Å². The molecule has 0 fully saturated rings. The van der Waals surface area contributed by atoms with Crippen LogP contribution in [-0.4, -0.2) is 49.7 Å². The van der Waals surface area contributed by atoms with Gasteiger partial charge in [0.1, 0.15) is 0 Å². The van der Waals surface area contributed by atoms with Crippen LogP contribution in [0.1, 0.15) is 15.9 Å². The number of benzene rings is 2. The molecule has 0 aromatic heterocycles. The molecule has 1 amide bonds. The minimum atomic E-state index is -0.0429. The normalized spacial score (nSPS) is 10.4. The van der Waals surface area contributed by atoms with Crippen LogP contribution >= 0.6 is 0 Å². The molecular formula is C19H24N2O2. The maximum absolute atomic E-state index is 12.7. The molecule has 0 radical (unpaired) electrons. The van der Waals surface area contributed by atoms with Crippen molar-refractivity contribution in [2.24, 2.45) is 0 Å². The molecule has 2 aromatic carbocycles. The quantitative estimate of drug-likeness (QED) is 0.854. The van der Waals surface area contributed by atoms with Gasteiger partial charge in [0.2, 0.25) is 0 Å². The Hall–Kier alpha value is -2.33. The standard InChI is InChI=1S/C19H24N2O2/c1-20(2)18-10-6-9-17(15-18)19(23)21(13-14-22)12-11-16-7-4-3-5-8-16/h3-10,15,22H,11-14H2,1-2H3. The number of amides is 1. The molecule has 0 aliphatic carbocycles. The van der Waals surface area contributed by atoms with E-state index in [9.17, 15) is 9.90 Å². The number of hydrogen-bond acceptors (Lipinski definition) is 3. The number of carbonyl (C=O) groups excluding carboxylic acids is 1. The van der Waals surface area contributed by atoms with Gasteiger partial charge in [0.25, 0.3) is 5.91 Å². The van der Waals surface area contributed by atoms with Gasteiger partial charge in [-0.3, -0.25) is 4.79 Å². The predicted molar refractivity (Wildman–Crippen MR) is 93.9 cm³/mol. The van der Waals surface area contributed by atoms with Crippen LogP contribution in [0.2, 0.25) is 0 Å². The highest BCUT2D eigenvalue weighted by Gasteiger charge is 2.16. The van der Waals surface area contributed by atoms with E-state index in [4.69, 9.17) is 0 Å². The smallest absolute Gasteiger partial charge is 0.254 e. The first-order valence-corrected chi connectivity index (χ1v) is 7.83. The average molecular weight is 312 g/mol. The van der Waals surface area contributed by atoms with Gasteiger partial charge >= 0.3 is 0 Å². The highest BCUT2D eigenvalue weighted by Crippen LogP contribution is 2.15. The Balaban J connectivity index is 2.10. The molecule has 0 aliphatic heterocycles. The van der Waals surface area contributed by atoms with Crippen molar-refractivity contribution in [3.63, 3.8) is 0 Å². The Bertz CT molecular complexity index is 626. The lowest BCUT2D eigenvalue weighted by atomic mass is 10.1. The molecular weight excluding hydrogens is 288 g/mol. The highest BCUT2D eigenvalue weighted by molar-refractivity contribution is 5.95. The average Bonchev–Trinajstić information content (AvgIpc) is 2.59. The van der Waals surface area contributed by atoms with E-state index in [1.807, 2.05) is 73.6 Å². The lowest BCUT2D eigenvalue weighted by molar-refractivity contribution is 0.0724. The molecule has 1 N–H and O–H groups in total. The molecule has 0 unspecified atom stereocenters. The summed E-state index contributed by atoms with van der Waals surface area (Å²) in [7, 11) is 3.90. The van der Waals surface area contributed by atoms with Crippen molar-refractivity contribution in [1.82, 2.24) is 4.90 Å². The van der Waals surface area contributed by atoms with E-state index in [1.54, 1.807) is 4.90 Å². The van der Waals surface area contributed by atoms with Gasteiger partial charge in [-0.2, -0.15) is 0 Å². The molecule has 4 heteroatoms. The first-order chi connectivity index (χ1) is 11.1. The molecule has 2 aromatic rings. The van der Waals surface area contributed by atoms with Gasteiger partial charge in [0.05, 0.1) is 6.61 Å². The summed E-state index contributed by atoms with van der Waals surface area (Å²) in [5, 5.41) is 9.27. The van der Waals surface area contributed by atoms with Crippen LogP contribution in [0.4, 0.5) is 5.69 Å². The highest BCUT2D eigenvalue weighted by atomic mass is 16.3. The predicted octanol–water partition coefficient (Wildman–Crippen LogP) is 2.43. The van der Waals surface area contributed by atoms with E-state index in [-0.39, 0.29) is 12.5 Å². The Morgan fingerprint density at radius 2 is 1.74 bits per heavy atom. The summed E-state index contributed by atoms with van der Waals surface area (Å²) in [6.45, 7) is 0.904. The summed E-state index contributed by atoms with van der Waals surface area (Å²) in [6, 6.07) is 17.6. The van der Waals surface area contributed by atoms with Crippen LogP contribution in [0.3, 0.4) is 0 Å². The summed E-state index contributed by atoms with van der Waals surface area (Å²) in [5.74, 6) is -0.0429. The fourth-order valence-electron chi connectivity index (χ4n) is 2.44. The Morgan fingerprint density at radius 3 is 2.39 bits per heavy atom. The zero-order valence-corrected chi connectivity index (χ0v) is 13.8. The number of aliphatic hydroxyl groups excluding tert-OH is 1. The van der Waals surface area contributed by atoms with Gasteiger partial charge in [0, 0.05) is 38.4 Å².